The van der Waals surface area contributed by atoms with Crippen LogP contribution in [-0.4, -0.2) is 4.98 Å². The first-order valence-corrected chi connectivity index (χ1v) is 7.00. The third kappa shape index (κ3) is 3.61. The molecule has 0 amide bonds. The molecule has 108 valence electrons. The lowest BCUT2D eigenvalue weighted by Gasteiger charge is -2.20. The second-order valence-electron chi connectivity index (χ2n) is 6.14. The van der Waals surface area contributed by atoms with Gasteiger partial charge in [0, 0.05) is 11.8 Å². The summed E-state index contributed by atoms with van der Waals surface area (Å²) in [6, 6.07) is 12.0. The van der Waals surface area contributed by atoms with E-state index in [0.717, 1.165) is 16.9 Å². The van der Waals surface area contributed by atoms with Crippen LogP contribution in [-0.2, 0) is 12.0 Å². The van der Waals surface area contributed by atoms with Crippen LogP contribution in [0.5, 0.6) is 5.75 Å². The predicted octanol–water partition coefficient (Wildman–Crippen LogP) is 4.14. The first kappa shape index (κ1) is 15.1. The maximum Gasteiger partial charge on any atom is 0.147 e. The van der Waals surface area contributed by atoms with Gasteiger partial charge in [0.15, 0.2) is 0 Å². The Balaban J connectivity index is 2.16. The van der Waals surface area contributed by atoms with E-state index in [1.165, 1.54) is 5.56 Å². The molecule has 0 atom stereocenters. The molecule has 0 bridgehead atoms. The van der Waals surface area contributed by atoms with Crippen LogP contribution in [0.15, 0.2) is 36.5 Å². The van der Waals surface area contributed by atoms with Crippen molar-refractivity contribution >= 4 is 0 Å². The molecule has 3 nitrogen and oxygen atoms in total. The Labute approximate surface area is 126 Å². The molecule has 0 saturated carbocycles. The molecule has 2 aromatic rings. The topological polar surface area (TPSA) is 45.9 Å². The van der Waals surface area contributed by atoms with Gasteiger partial charge in [-0.25, -0.2) is 4.98 Å². The maximum atomic E-state index is 9.03. The smallest absolute Gasteiger partial charge is 0.147 e. The molecular weight excluding hydrogens is 260 g/mol. The lowest BCUT2D eigenvalue weighted by atomic mass is 9.86. The highest BCUT2D eigenvalue weighted by Gasteiger charge is 2.15. The Morgan fingerprint density at radius 3 is 2.62 bits per heavy atom. The van der Waals surface area contributed by atoms with Crippen molar-refractivity contribution in [3.63, 3.8) is 0 Å². The van der Waals surface area contributed by atoms with Crippen molar-refractivity contribution in [2.45, 2.75) is 39.7 Å². The highest BCUT2D eigenvalue weighted by atomic mass is 16.5. The number of pyridine rings is 1. The van der Waals surface area contributed by atoms with Gasteiger partial charge in [-0.3, -0.25) is 0 Å². The van der Waals surface area contributed by atoms with Gasteiger partial charge in [-0.15, -0.1) is 0 Å². The van der Waals surface area contributed by atoms with Crippen LogP contribution in [0.4, 0.5) is 0 Å². The van der Waals surface area contributed by atoms with Crippen LogP contribution in [0.3, 0.4) is 0 Å². The van der Waals surface area contributed by atoms with E-state index < -0.39 is 0 Å². The van der Waals surface area contributed by atoms with Gasteiger partial charge in [0.25, 0.3) is 0 Å². The molecule has 0 radical (unpaired) electrons. The lowest BCUT2D eigenvalue weighted by Crippen LogP contribution is -2.11. The number of rotatable bonds is 3. The van der Waals surface area contributed by atoms with Crippen LogP contribution in [0.1, 0.15) is 43.2 Å². The second-order valence-corrected chi connectivity index (χ2v) is 6.14. The number of aryl methyl sites for hydroxylation is 1. The molecule has 0 saturated heterocycles. The minimum absolute atomic E-state index is 0.126. The quantitative estimate of drug-likeness (QED) is 0.849. The molecule has 0 unspecified atom stereocenters. The molecule has 1 aromatic heterocycles. The minimum Gasteiger partial charge on any atom is -0.489 e. The summed E-state index contributed by atoms with van der Waals surface area (Å²) >= 11 is 0. The summed E-state index contributed by atoms with van der Waals surface area (Å²) in [6.07, 6.45) is 1.62. The monoisotopic (exact) mass is 280 g/mol. The molecule has 0 spiro atoms. The van der Waals surface area contributed by atoms with Crippen molar-refractivity contribution in [2.75, 3.05) is 0 Å². The summed E-state index contributed by atoms with van der Waals surface area (Å²) in [6.45, 7) is 8.97. The van der Waals surface area contributed by atoms with E-state index in [4.69, 9.17) is 10.00 Å². The Morgan fingerprint density at radius 1 is 1.24 bits per heavy atom. The van der Waals surface area contributed by atoms with Crippen LogP contribution in [0.2, 0.25) is 0 Å². The van der Waals surface area contributed by atoms with Gasteiger partial charge in [-0.05, 0) is 35.6 Å². The fraction of sp³-hybridized carbons (Fsp3) is 0.333. The SMILES string of the molecule is Cc1cc(C(C)(C)C)ccc1OCc1cccnc1C#N. The van der Waals surface area contributed by atoms with Crippen LogP contribution in [0, 0.1) is 18.3 Å². The summed E-state index contributed by atoms with van der Waals surface area (Å²) in [5.74, 6) is 0.843. The molecule has 0 aliphatic rings. The number of hydrogen-bond acceptors (Lipinski definition) is 3. The Morgan fingerprint density at radius 2 is 2.00 bits per heavy atom. The molecule has 1 heterocycles. The highest BCUT2D eigenvalue weighted by molar-refractivity contribution is 5.39. The zero-order valence-corrected chi connectivity index (χ0v) is 13.0. The number of nitriles is 1. The average Bonchev–Trinajstić information content (AvgIpc) is 2.45. The van der Waals surface area contributed by atoms with Gasteiger partial charge in [0.05, 0.1) is 0 Å². The predicted molar refractivity (Wildman–Crippen MR) is 83.2 cm³/mol. The van der Waals surface area contributed by atoms with Gasteiger partial charge in [-0.1, -0.05) is 39.0 Å². The summed E-state index contributed by atoms with van der Waals surface area (Å²) in [5, 5.41) is 9.03. The van der Waals surface area contributed by atoms with E-state index in [1.807, 2.05) is 25.1 Å². The van der Waals surface area contributed by atoms with Gasteiger partial charge in [0.1, 0.15) is 24.1 Å². The Hall–Kier alpha value is -2.34. The maximum absolute atomic E-state index is 9.03. The number of ether oxygens (including phenoxy) is 1. The summed E-state index contributed by atoms with van der Waals surface area (Å²) in [7, 11) is 0. The molecule has 3 heteroatoms. The second kappa shape index (κ2) is 5.97. The fourth-order valence-electron chi connectivity index (χ4n) is 2.09. The fourth-order valence-corrected chi connectivity index (χ4v) is 2.09. The zero-order valence-electron chi connectivity index (χ0n) is 13.0. The summed E-state index contributed by atoms with van der Waals surface area (Å²) in [5.41, 5.74) is 3.73. The first-order valence-electron chi connectivity index (χ1n) is 7.00. The molecule has 0 aliphatic heterocycles. The van der Waals surface area contributed by atoms with Crippen molar-refractivity contribution in [1.82, 2.24) is 4.98 Å². The first-order chi connectivity index (χ1) is 9.91. The van der Waals surface area contributed by atoms with Gasteiger partial charge in [-0.2, -0.15) is 5.26 Å². The molecule has 21 heavy (non-hydrogen) atoms. The van der Waals surface area contributed by atoms with Crippen LogP contribution >= 0.6 is 0 Å². The lowest BCUT2D eigenvalue weighted by molar-refractivity contribution is 0.303. The normalized spacial score (nSPS) is 11.0. The molecule has 0 aliphatic carbocycles. The van der Waals surface area contributed by atoms with Crippen molar-refractivity contribution in [1.29, 1.82) is 5.26 Å². The number of benzene rings is 1. The van der Waals surface area contributed by atoms with Crippen molar-refractivity contribution in [3.05, 3.63) is 58.9 Å². The minimum atomic E-state index is 0.126. The summed E-state index contributed by atoms with van der Waals surface area (Å²) in [4.78, 5) is 4.04. The average molecular weight is 280 g/mol. The Kier molecular flexibility index (Phi) is 4.28. The standard InChI is InChI=1S/C18H20N2O/c1-13-10-15(18(2,3)4)7-8-17(13)21-12-14-6-5-9-20-16(14)11-19/h5-10H,12H2,1-4H3. The zero-order chi connectivity index (χ0) is 15.5. The van der Waals surface area contributed by atoms with E-state index in [9.17, 15) is 0 Å². The number of aromatic nitrogens is 1. The number of nitrogens with zero attached hydrogens (tertiary/aromatic N) is 2. The van der Waals surface area contributed by atoms with E-state index in [0.29, 0.717) is 12.3 Å². The highest BCUT2D eigenvalue weighted by Crippen LogP contribution is 2.28. The van der Waals surface area contributed by atoms with Gasteiger partial charge >= 0.3 is 0 Å². The molecule has 1 aromatic carbocycles. The van der Waals surface area contributed by atoms with Crippen LogP contribution < -0.4 is 4.74 Å². The van der Waals surface area contributed by atoms with Crippen molar-refractivity contribution in [3.8, 4) is 11.8 Å². The third-order valence-corrected chi connectivity index (χ3v) is 3.42. The van der Waals surface area contributed by atoms with E-state index in [1.54, 1.807) is 6.20 Å². The van der Waals surface area contributed by atoms with Gasteiger partial charge in [0.2, 0.25) is 0 Å². The van der Waals surface area contributed by atoms with Crippen LogP contribution in [0.25, 0.3) is 0 Å². The summed E-state index contributed by atoms with van der Waals surface area (Å²) < 4.78 is 5.84. The van der Waals surface area contributed by atoms with Crippen molar-refractivity contribution < 1.29 is 4.74 Å². The molecule has 0 fully saturated rings. The molecule has 2 rings (SSSR count). The van der Waals surface area contributed by atoms with E-state index in [-0.39, 0.29) is 5.41 Å². The van der Waals surface area contributed by atoms with E-state index in [2.05, 4.69) is 44.0 Å². The third-order valence-electron chi connectivity index (χ3n) is 3.42. The van der Waals surface area contributed by atoms with Gasteiger partial charge < -0.3 is 4.74 Å². The molecular formula is C18H20N2O. The van der Waals surface area contributed by atoms with E-state index >= 15 is 0 Å². The number of hydrogen-bond donors (Lipinski definition) is 0. The largest absolute Gasteiger partial charge is 0.489 e. The van der Waals surface area contributed by atoms with Crippen molar-refractivity contribution in [2.24, 2.45) is 0 Å². The Bertz CT molecular complexity index is 678. The molecule has 0 N–H and O–H groups in total.